The molecule has 0 saturated carbocycles. The Bertz CT molecular complexity index is 879. The Morgan fingerprint density at radius 3 is 1.83 bits per heavy atom. The molecule has 0 radical (unpaired) electrons. The van der Waals surface area contributed by atoms with Crippen molar-refractivity contribution in [1.29, 1.82) is 0 Å². The van der Waals surface area contributed by atoms with Gasteiger partial charge in [-0.3, -0.25) is 4.79 Å². The molecule has 29 heavy (non-hydrogen) atoms. The summed E-state index contributed by atoms with van der Waals surface area (Å²) in [6.07, 6.45) is 0. The third-order valence-corrected chi connectivity index (χ3v) is 5.70. The van der Waals surface area contributed by atoms with Gasteiger partial charge in [-0.15, -0.1) is 0 Å². The second-order valence-corrected chi connectivity index (χ2v) is 7.43. The van der Waals surface area contributed by atoms with Gasteiger partial charge in [0.15, 0.2) is 0 Å². The van der Waals surface area contributed by atoms with Gasteiger partial charge in [-0.1, -0.05) is 60.7 Å². The summed E-state index contributed by atoms with van der Waals surface area (Å²) in [5.41, 5.74) is 3.36. The Kier molecular flexibility index (Phi) is 5.92. The second kappa shape index (κ2) is 8.93. The van der Waals surface area contributed by atoms with Gasteiger partial charge in [0, 0.05) is 16.7 Å². The minimum Gasteiger partial charge on any atom is -0.497 e. The number of nitrogens with one attached hydrogen (secondary N) is 1. The van der Waals surface area contributed by atoms with E-state index in [0.29, 0.717) is 0 Å². The number of hydrogen-bond donors (Lipinski definition) is 1. The highest BCUT2D eigenvalue weighted by Gasteiger charge is 2.31. The van der Waals surface area contributed by atoms with E-state index in [1.165, 1.54) is 16.0 Å². The first kappa shape index (κ1) is 19.2. The molecular formula is C25H27N2O2+. The van der Waals surface area contributed by atoms with Crippen LogP contribution in [0.5, 0.6) is 5.75 Å². The van der Waals surface area contributed by atoms with E-state index in [1.54, 1.807) is 7.11 Å². The number of methoxy groups -OCH3 is 1. The van der Waals surface area contributed by atoms with E-state index in [4.69, 9.17) is 4.74 Å². The molecule has 1 amide bonds. The van der Waals surface area contributed by atoms with Gasteiger partial charge in [0.1, 0.15) is 11.8 Å². The molecule has 0 aliphatic carbocycles. The molecule has 4 heteroatoms. The van der Waals surface area contributed by atoms with Crippen molar-refractivity contribution in [3.63, 3.8) is 0 Å². The minimum absolute atomic E-state index is 0.0997. The normalized spacial score (nSPS) is 14.8. The van der Waals surface area contributed by atoms with Crippen LogP contribution in [-0.2, 0) is 0 Å². The maximum absolute atomic E-state index is 12.9. The lowest BCUT2D eigenvalue weighted by Crippen LogP contribution is -3.15. The molecule has 148 valence electrons. The molecule has 0 atom stereocenters. The highest BCUT2D eigenvalue weighted by molar-refractivity contribution is 5.94. The molecule has 1 aliphatic heterocycles. The van der Waals surface area contributed by atoms with Gasteiger partial charge in [-0.25, -0.2) is 0 Å². The van der Waals surface area contributed by atoms with Crippen LogP contribution in [0.25, 0.3) is 0 Å². The van der Waals surface area contributed by atoms with Gasteiger partial charge in [0.25, 0.3) is 5.91 Å². The van der Waals surface area contributed by atoms with E-state index < -0.39 is 0 Å². The van der Waals surface area contributed by atoms with E-state index in [0.717, 1.165) is 37.5 Å². The van der Waals surface area contributed by atoms with Crippen LogP contribution in [0.1, 0.15) is 27.5 Å². The summed E-state index contributed by atoms with van der Waals surface area (Å²) in [4.78, 5) is 16.4. The van der Waals surface area contributed by atoms with E-state index in [-0.39, 0.29) is 11.9 Å². The first-order chi connectivity index (χ1) is 14.3. The molecule has 0 spiro atoms. The van der Waals surface area contributed by atoms with Crippen molar-refractivity contribution >= 4 is 5.91 Å². The topological polar surface area (TPSA) is 34.0 Å². The number of ether oxygens (including phenoxy) is 1. The van der Waals surface area contributed by atoms with Crippen LogP contribution in [0.4, 0.5) is 0 Å². The minimum atomic E-state index is 0.0997. The number of piperazine rings is 1. The Morgan fingerprint density at radius 1 is 0.828 bits per heavy atom. The fraction of sp³-hybridized carbons (Fsp3) is 0.240. The van der Waals surface area contributed by atoms with Crippen molar-refractivity contribution in [3.8, 4) is 5.75 Å². The van der Waals surface area contributed by atoms with Crippen LogP contribution >= 0.6 is 0 Å². The smallest absolute Gasteiger partial charge is 0.254 e. The third-order valence-electron chi connectivity index (χ3n) is 5.70. The molecule has 1 heterocycles. The number of quaternary nitrogens is 1. The molecule has 3 aromatic rings. The van der Waals surface area contributed by atoms with Gasteiger partial charge in [0.05, 0.1) is 33.3 Å². The van der Waals surface area contributed by atoms with Gasteiger partial charge >= 0.3 is 0 Å². The molecule has 0 unspecified atom stereocenters. The molecule has 1 saturated heterocycles. The number of amides is 1. The summed E-state index contributed by atoms with van der Waals surface area (Å²) in [6.45, 7) is 3.37. The lowest BCUT2D eigenvalue weighted by Gasteiger charge is -2.37. The van der Waals surface area contributed by atoms with Crippen LogP contribution in [0.15, 0.2) is 84.9 Å². The molecule has 1 aliphatic rings. The van der Waals surface area contributed by atoms with Crippen LogP contribution in [0, 0.1) is 0 Å². The standard InChI is InChI=1S/C25H26N2O2/c1-29-23-14-12-22(13-15-23)25(28)27-18-16-26(17-19-27)24(20-8-4-2-5-9-20)21-10-6-3-7-11-21/h2-15,24H,16-19H2,1H3/p+1. The Morgan fingerprint density at radius 2 is 1.34 bits per heavy atom. The van der Waals surface area contributed by atoms with E-state index in [9.17, 15) is 4.79 Å². The average molecular weight is 388 g/mol. The van der Waals surface area contributed by atoms with Crippen molar-refractivity contribution in [2.45, 2.75) is 6.04 Å². The van der Waals surface area contributed by atoms with Gasteiger partial charge < -0.3 is 14.5 Å². The fourth-order valence-corrected chi connectivity index (χ4v) is 4.16. The van der Waals surface area contributed by atoms with Crippen LogP contribution in [0.3, 0.4) is 0 Å². The molecule has 4 rings (SSSR count). The first-order valence-corrected chi connectivity index (χ1v) is 10.1. The van der Waals surface area contributed by atoms with Gasteiger partial charge in [-0.05, 0) is 24.3 Å². The predicted molar refractivity (Wildman–Crippen MR) is 114 cm³/mol. The number of nitrogens with zero attached hydrogens (tertiary/aromatic N) is 1. The zero-order valence-electron chi connectivity index (χ0n) is 16.8. The summed E-state index contributed by atoms with van der Waals surface area (Å²) in [6, 6.07) is 29.0. The van der Waals surface area contributed by atoms with Gasteiger partial charge in [-0.2, -0.15) is 0 Å². The van der Waals surface area contributed by atoms with Crippen LogP contribution < -0.4 is 9.64 Å². The van der Waals surface area contributed by atoms with Crippen LogP contribution in [-0.4, -0.2) is 44.1 Å². The summed E-state index contributed by atoms with van der Waals surface area (Å²) >= 11 is 0. The van der Waals surface area contributed by atoms with Crippen molar-refractivity contribution in [2.24, 2.45) is 0 Å². The average Bonchev–Trinajstić information content (AvgIpc) is 2.81. The zero-order chi connectivity index (χ0) is 20.1. The van der Waals surface area contributed by atoms with E-state index in [1.807, 2.05) is 29.2 Å². The molecule has 1 fully saturated rings. The number of carbonyl (C=O) groups excluding carboxylic acids is 1. The number of carbonyl (C=O) groups is 1. The number of benzene rings is 3. The fourth-order valence-electron chi connectivity index (χ4n) is 4.16. The summed E-state index contributed by atoms with van der Waals surface area (Å²) in [7, 11) is 1.63. The molecule has 1 N–H and O–H groups in total. The number of rotatable bonds is 5. The first-order valence-electron chi connectivity index (χ1n) is 10.1. The van der Waals surface area contributed by atoms with Gasteiger partial charge in [0.2, 0.25) is 0 Å². The Hall–Kier alpha value is -3.11. The summed E-state index contributed by atoms with van der Waals surface area (Å²) < 4.78 is 5.19. The van der Waals surface area contributed by atoms with Crippen LogP contribution in [0.2, 0.25) is 0 Å². The van der Waals surface area contributed by atoms with E-state index in [2.05, 4.69) is 60.7 Å². The third kappa shape index (κ3) is 4.33. The van der Waals surface area contributed by atoms with E-state index >= 15 is 0 Å². The largest absolute Gasteiger partial charge is 0.497 e. The van der Waals surface area contributed by atoms with Crippen molar-refractivity contribution in [3.05, 3.63) is 102 Å². The maximum Gasteiger partial charge on any atom is 0.254 e. The van der Waals surface area contributed by atoms with Crippen molar-refractivity contribution in [1.82, 2.24) is 4.90 Å². The predicted octanol–water partition coefficient (Wildman–Crippen LogP) is 2.83. The number of hydrogen-bond acceptors (Lipinski definition) is 2. The Balaban J connectivity index is 1.48. The zero-order valence-corrected chi connectivity index (χ0v) is 16.8. The maximum atomic E-state index is 12.9. The SMILES string of the molecule is COc1ccc(C(=O)N2CC[NH+](C(c3ccccc3)c3ccccc3)CC2)cc1. The monoisotopic (exact) mass is 387 g/mol. The Labute approximate surface area is 172 Å². The molecule has 3 aromatic carbocycles. The van der Waals surface area contributed by atoms with Crippen molar-refractivity contribution < 1.29 is 14.4 Å². The second-order valence-electron chi connectivity index (χ2n) is 7.43. The van der Waals surface area contributed by atoms with Crippen molar-refractivity contribution in [2.75, 3.05) is 33.3 Å². The molecular weight excluding hydrogens is 360 g/mol. The lowest BCUT2D eigenvalue weighted by atomic mass is 9.96. The summed E-state index contributed by atoms with van der Waals surface area (Å²) in [5, 5.41) is 0. The lowest BCUT2D eigenvalue weighted by molar-refractivity contribution is -0.929. The molecule has 0 bridgehead atoms. The highest BCUT2D eigenvalue weighted by atomic mass is 16.5. The summed E-state index contributed by atoms with van der Waals surface area (Å²) in [5.74, 6) is 0.868. The molecule has 4 nitrogen and oxygen atoms in total. The molecule has 0 aromatic heterocycles. The highest BCUT2D eigenvalue weighted by Crippen LogP contribution is 2.20. The quantitative estimate of drug-likeness (QED) is 0.731.